The highest BCUT2D eigenvalue weighted by molar-refractivity contribution is 5.49. The lowest BCUT2D eigenvalue weighted by atomic mass is 10.4. The molecule has 1 nitrogen and oxygen atoms in total. The van der Waals surface area contributed by atoms with E-state index in [9.17, 15) is 0 Å². The Balaban J connectivity index is 4.52. The number of rotatable bonds is 0. The van der Waals surface area contributed by atoms with E-state index < -0.39 is 0 Å². The smallest absolute Gasteiger partial charge is 0.153 e. The third-order valence-corrected chi connectivity index (χ3v) is 2.32. The molecule has 0 atom stereocenters. The molecule has 0 saturated carbocycles. The van der Waals surface area contributed by atoms with Gasteiger partial charge in [0.25, 0.3) is 0 Å². The van der Waals surface area contributed by atoms with Crippen LogP contribution in [-0.2, 0) is 0 Å². The summed E-state index contributed by atoms with van der Waals surface area (Å²) < 4.78 is 0. The van der Waals surface area contributed by atoms with Gasteiger partial charge in [0, 0.05) is 172 Å². The molecule has 0 N–H and O–H groups in total. The molecule has 0 spiro atoms. The minimum Gasteiger partial charge on any atom is -0.183 e. The molecule has 0 rings (SSSR count). The number of nitriles is 1. The maximum Gasteiger partial charge on any atom is 0.153 e. The molecule has 0 unspecified atom stereocenters. The molecule has 0 aromatic rings. The monoisotopic (exact) mass is 483 g/mol. The van der Waals surface area contributed by atoms with Gasteiger partial charge in [0.15, 0.2) is 6.07 Å². The molecule has 1 heteroatoms. The van der Waals surface area contributed by atoms with Crippen LogP contribution in [0.2, 0.25) is 0 Å². The van der Waals surface area contributed by atoms with Crippen molar-refractivity contribution in [3.8, 4) is 232 Å². The molecule has 0 amide bonds. The average Bonchev–Trinajstić information content (AvgIpc) is 2.97. The molecular weight excluding hydrogens is 482 g/mol. The number of hydrogen-bond acceptors (Lipinski definition) is 1. The molecule has 0 bridgehead atoms. The summed E-state index contributed by atoms with van der Waals surface area (Å²) in [7, 11) is 0. The lowest BCUT2D eigenvalue weighted by Crippen LogP contribution is -1.57. The van der Waals surface area contributed by atoms with Crippen molar-refractivity contribution < 1.29 is 0 Å². The predicted molar refractivity (Wildman–Crippen MR) is 154 cm³/mol. The van der Waals surface area contributed by atoms with Crippen molar-refractivity contribution in [1.29, 1.82) is 5.26 Å². The van der Waals surface area contributed by atoms with Crippen LogP contribution in [0.4, 0.5) is 0 Å². The Bertz CT molecular complexity index is 2150. The van der Waals surface area contributed by atoms with Gasteiger partial charge < -0.3 is 0 Å². The van der Waals surface area contributed by atoms with Crippen LogP contribution >= 0.6 is 0 Å². The molecule has 0 aromatic heterocycles. The summed E-state index contributed by atoms with van der Waals surface area (Å²) in [6.07, 6.45) is 4.93. The number of terminal acetylenes is 1. The van der Waals surface area contributed by atoms with Gasteiger partial charge in [-0.25, -0.2) is 0 Å². The second-order valence-corrected chi connectivity index (χ2v) is 4.76. The lowest BCUT2D eigenvalue weighted by Gasteiger charge is -1.57. The molecule has 0 heterocycles. The molecule has 0 saturated heterocycles. The van der Waals surface area contributed by atoms with Crippen LogP contribution in [0, 0.1) is 237 Å². The third kappa shape index (κ3) is 29.1. The zero-order valence-electron chi connectivity index (χ0n) is 20.0. The minimum absolute atomic E-state index is 1.62. The molecule has 0 aliphatic rings. The fraction of sp³-hybridized carbons (Fsp3) is 0. The largest absolute Gasteiger partial charge is 0.183 e. The van der Waals surface area contributed by atoms with Gasteiger partial charge in [0.2, 0.25) is 0 Å². The van der Waals surface area contributed by atoms with Gasteiger partial charge in [-0.15, -0.1) is 6.42 Å². The van der Waals surface area contributed by atoms with Crippen molar-refractivity contribution in [2.75, 3.05) is 0 Å². The predicted octanol–water partition coefficient (Wildman–Crippen LogP) is 0.204. The summed E-state index contributed by atoms with van der Waals surface area (Å²) >= 11 is 0. The fourth-order valence-corrected chi connectivity index (χ4v) is 1.13. The normalized spacial score (nSPS) is 3.85. The van der Waals surface area contributed by atoms with E-state index in [4.69, 9.17) is 11.7 Å². The third-order valence-electron chi connectivity index (χ3n) is 2.32. The molecule has 0 aliphatic heterocycles. The van der Waals surface area contributed by atoms with Crippen molar-refractivity contribution in [3.05, 3.63) is 0 Å². The molecule has 0 radical (unpaired) electrons. The average molecular weight is 483 g/mol. The summed E-state index contributed by atoms with van der Waals surface area (Å²) in [6.45, 7) is 0. The van der Waals surface area contributed by atoms with Crippen molar-refractivity contribution in [3.63, 3.8) is 0 Å². The molecule has 0 aromatic carbocycles. The number of nitrogens with zero attached hydrogens (tertiary/aromatic N) is 1. The van der Waals surface area contributed by atoms with Gasteiger partial charge in [-0.05, 0) is 47.4 Å². The van der Waals surface area contributed by atoms with Crippen LogP contribution in [0.3, 0.4) is 0 Å². The van der Waals surface area contributed by atoms with Crippen LogP contribution < -0.4 is 0 Å². The van der Waals surface area contributed by atoms with E-state index in [0.29, 0.717) is 0 Å². The first-order valence-corrected chi connectivity index (χ1v) is 9.76. The Morgan fingerprint density at radius 3 is 0.450 bits per heavy atom. The van der Waals surface area contributed by atoms with E-state index in [0.717, 1.165) is 0 Å². The SMILES string of the molecule is C#CC#CC#CC#CC#CC#CC#CC#CC#CC#CC#CC#CC#CC#CC#CC#CC#CC#CC#CC#N. The first-order chi connectivity index (χ1) is 19.9. The molecule has 0 aliphatic carbocycles. The van der Waals surface area contributed by atoms with Crippen LogP contribution in [0.5, 0.6) is 0 Å². The maximum atomic E-state index is 8.17. The summed E-state index contributed by atoms with van der Waals surface area (Å²) in [4.78, 5) is 0. The van der Waals surface area contributed by atoms with Gasteiger partial charge in [-0.2, -0.15) is 5.26 Å². The van der Waals surface area contributed by atoms with E-state index in [-0.39, 0.29) is 0 Å². The van der Waals surface area contributed by atoms with Crippen LogP contribution in [0.15, 0.2) is 0 Å². The van der Waals surface area contributed by atoms with Crippen molar-refractivity contribution >= 4 is 0 Å². The topological polar surface area (TPSA) is 23.8 Å². The fourth-order valence-electron chi connectivity index (χ4n) is 1.13. The zero-order valence-corrected chi connectivity index (χ0v) is 20.0. The van der Waals surface area contributed by atoms with Crippen LogP contribution in [0.25, 0.3) is 0 Å². The van der Waals surface area contributed by atoms with E-state index in [1.54, 1.807) is 6.07 Å². The molecule has 162 valence electrons. The minimum atomic E-state index is 1.62. The molecule has 40 heavy (non-hydrogen) atoms. The summed E-state index contributed by atoms with van der Waals surface area (Å²) in [5.41, 5.74) is 0. The molecule has 0 fully saturated rings. The highest BCUT2D eigenvalue weighted by Crippen LogP contribution is 1.61. The van der Waals surface area contributed by atoms with E-state index in [2.05, 4.69) is 219 Å². The maximum absolute atomic E-state index is 8.17. The Kier molecular flexibility index (Phi) is 23.4. The van der Waals surface area contributed by atoms with Gasteiger partial charge in [0.1, 0.15) is 0 Å². The highest BCUT2D eigenvalue weighted by atomic mass is 14.2. The Hall–Kier alpha value is -8.87. The van der Waals surface area contributed by atoms with E-state index in [1.807, 2.05) is 0 Å². The first kappa shape index (κ1) is 31.1. The van der Waals surface area contributed by atoms with E-state index in [1.165, 1.54) is 0 Å². The van der Waals surface area contributed by atoms with Crippen LogP contribution in [-0.4, -0.2) is 0 Å². The standard InChI is InChI=1S/C39HN/c1-2-3-4-5-6-7-8-9-10-11-12-13-14-15-16-17-18-19-20-21-22-23-24-25-26-27-28-29-30-31-32-33-34-35-36-37-38-39-40/h1H. The van der Waals surface area contributed by atoms with Crippen LogP contribution in [0.1, 0.15) is 0 Å². The van der Waals surface area contributed by atoms with Gasteiger partial charge in [0.05, 0.1) is 0 Å². The number of hydrogen-bond donors (Lipinski definition) is 0. The van der Waals surface area contributed by atoms with Gasteiger partial charge >= 0.3 is 0 Å². The van der Waals surface area contributed by atoms with E-state index >= 15 is 0 Å². The Morgan fingerprint density at radius 1 is 0.200 bits per heavy atom. The quantitative estimate of drug-likeness (QED) is 0.452. The van der Waals surface area contributed by atoms with Crippen molar-refractivity contribution in [1.82, 2.24) is 0 Å². The second kappa shape index (κ2) is 30.1. The Labute approximate surface area is 236 Å². The highest BCUT2D eigenvalue weighted by Gasteiger charge is 1.61. The molecular formula is C39HN. The van der Waals surface area contributed by atoms with Gasteiger partial charge in [-0.3, -0.25) is 0 Å². The summed E-state index contributed by atoms with van der Waals surface area (Å²) in [5.74, 6) is 90.3. The lowest BCUT2D eigenvalue weighted by molar-refractivity contribution is 1.55. The second-order valence-electron chi connectivity index (χ2n) is 4.76. The van der Waals surface area contributed by atoms with Crippen molar-refractivity contribution in [2.24, 2.45) is 0 Å². The Morgan fingerprint density at radius 2 is 0.325 bits per heavy atom. The first-order valence-electron chi connectivity index (χ1n) is 9.76. The van der Waals surface area contributed by atoms with Gasteiger partial charge in [-0.1, -0.05) is 0 Å². The summed E-state index contributed by atoms with van der Waals surface area (Å²) in [5, 5.41) is 8.17. The summed E-state index contributed by atoms with van der Waals surface area (Å²) in [6, 6.07) is 1.62. The zero-order chi connectivity index (χ0) is 28.9. The van der Waals surface area contributed by atoms with Crippen molar-refractivity contribution in [2.45, 2.75) is 0 Å².